The summed E-state index contributed by atoms with van der Waals surface area (Å²) in [6.07, 6.45) is 5.01. The molecule has 30 heavy (non-hydrogen) atoms. The third kappa shape index (κ3) is 5.62. The molecule has 0 bridgehead atoms. The number of guanidine groups is 1. The first kappa shape index (κ1) is 22.3. The summed E-state index contributed by atoms with van der Waals surface area (Å²) < 4.78 is 8.13. The van der Waals surface area contributed by atoms with E-state index in [1.165, 1.54) is 0 Å². The van der Waals surface area contributed by atoms with Gasteiger partial charge in [0.15, 0.2) is 11.6 Å². The molecule has 1 aromatic carbocycles. The normalized spacial score (nSPS) is 15.1. The van der Waals surface area contributed by atoms with Gasteiger partial charge in [-0.1, -0.05) is 24.3 Å². The van der Waals surface area contributed by atoms with Crippen molar-refractivity contribution in [3.63, 3.8) is 0 Å². The second-order valence-corrected chi connectivity index (χ2v) is 7.15. The van der Waals surface area contributed by atoms with Gasteiger partial charge in [0.05, 0.1) is 0 Å². The molecule has 8 heteroatoms. The molecular formula is C22H29IN6O. The van der Waals surface area contributed by atoms with Crippen LogP contribution in [0.2, 0.25) is 0 Å². The molecule has 1 aliphatic heterocycles. The number of nitrogens with one attached hydrogen (secondary N) is 1. The lowest BCUT2D eigenvalue weighted by atomic mass is 10.1. The van der Waals surface area contributed by atoms with Gasteiger partial charge in [-0.25, -0.2) is 0 Å². The quantitative estimate of drug-likeness (QED) is 0.307. The molecule has 0 amide bonds. The van der Waals surface area contributed by atoms with Crippen molar-refractivity contribution in [2.75, 3.05) is 26.2 Å². The summed E-state index contributed by atoms with van der Waals surface area (Å²) in [7, 11) is 0. The number of aliphatic imine (C=N–C) groups is 1. The fourth-order valence-electron chi connectivity index (χ4n) is 3.63. The molecule has 1 aliphatic rings. The number of piperidine rings is 1. The van der Waals surface area contributed by atoms with Crippen LogP contribution in [-0.2, 0) is 6.42 Å². The standard InChI is InChI=1S/C22H28N6O.HI/c1-2-23-22(24-14-11-21-26-25-20-10-6-7-15-28(20)21)27-16-12-19(13-17-27)29-18-8-4-3-5-9-18;/h3-10,15,19H,2,11-14,16-17H2,1H3,(H,23,24);1H. The van der Waals surface area contributed by atoms with Crippen molar-refractivity contribution >= 4 is 35.6 Å². The number of aromatic nitrogens is 3. The van der Waals surface area contributed by atoms with E-state index >= 15 is 0 Å². The Morgan fingerprint density at radius 1 is 1.10 bits per heavy atom. The lowest BCUT2D eigenvalue weighted by molar-refractivity contribution is 0.129. The number of halogens is 1. The zero-order chi connectivity index (χ0) is 19.9. The molecule has 0 unspecified atom stereocenters. The van der Waals surface area contributed by atoms with Crippen LogP contribution in [0.4, 0.5) is 0 Å². The Morgan fingerprint density at radius 3 is 2.63 bits per heavy atom. The number of nitrogens with zero attached hydrogens (tertiary/aromatic N) is 5. The Balaban J connectivity index is 0.00000256. The van der Waals surface area contributed by atoms with Crippen molar-refractivity contribution in [2.24, 2.45) is 4.99 Å². The zero-order valence-electron chi connectivity index (χ0n) is 17.3. The fourth-order valence-corrected chi connectivity index (χ4v) is 3.63. The van der Waals surface area contributed by atoms with Gasteiger partial charge in [0.2, 0.25) is 0 Å². The molecule has 2 aromatic heterocycles. The molecule has 1 N–H and O–H groups in total. The van der Waals surface area contributed by atoms with Gasteiger partial charge in [-0.15, -0.1) is 34.2 Å². The number of hydrogen-bond acceptors (Lipinski definition) is 4. The summed E-state index contributed by atoms with van der Waals surface area (Å²) in [6, 6.07) is 16.0. The van der Waals surface area contributed by atoms with Gasteiger partial charge in [0.25, 0.3) is 0 Å². The van der Waals surface area contributed by atoms with Gasteiger partial charge in [-0.3, -0.25) is 9.39 Å². The van der Waals surface area contributed by atoms with Gasteiger partial charge in [-0.2, -0.15) is 0 Å². The maximum atomic E-state index is 6.11. The van der Waals surface area contributed by atoms with Crippen LogP contribution in [0.15, 0.2) is 59.7 Å². The number of para-hydroxylation sites is 1. The predicted octanol–water partition coefficient (Wildman–Crippen LogP) is 3.40. The Morgan fingerprint density at radius 2 is 1.87 bits per heavy atom. The number of fused-ring (bicyclic) bond motifs is 1. The third-order valence-corrected chi connectivity index (χ3v) is 5.10. The van der Waals surface area contributed by atoms with Gasteiger partial charge in [0.1, 0.15) is 17.7 Å². The van der Waals surface area contributed by atoms with E-state index < -0.39 is 0 Å². The summed E-state index contributed by atoms with van der Waals surface area (Å²) in [5, 5.41) is 11.9. The average molecular weight is 520 g/mol. The van der Waals surface area contributed by atoms with E-state index in [-0.39, 0.29) is 30.1 Å². The second-order valence-electron chi connectivity index (χ2n) is 7.15. The van der Waals surface area contributed by atoms with Crippen LogP contribution < -0.4 is 10.1 Å². The number of benzene rings is 1. The maximum absolute atomic E-state index is 6.11. The Bertz CT molecular complexity index is 937. The molecule has 160 valence electrons. The first-order valence-corrected chi connectivity index (χ1v) is 10.4. The van der Waals surface area contributed by atoms with Crippen LogP contribution in [0.3, 0.4) is 0 Å². The molecular weight excluding hydrogens is 491 g/mol. The molecule has 3 aromatic rings. The van der Waals surface area contributed by atoms with Crippen LogP contribution >= 0.6 is 24.0 Å². The molecule has 0 spiro atoms. The Labute approximate surface area is 194 Å². The topological polar surface area (TPSA) is 67.0 Å². The number of likely N-dealkylation sites (tertiary alicyclic amines) is 1. The first-order valence-electron chi connectivity index (χ1n) is 10.4. The molecule has 1 saturated heterocycles. The largest absolute Gasteiger partial charge is 0.490 e. The highest BCUT2D eigenvalue weighted by Crippen LogP contribution is 2.18. The predicted molar refractivity (Wildman–Crippen MR) is 130 cm³/mol. The van der Waals surface area contributed by atoms with E-state index in [2.05, 4.69) is 27.3 Å². The van der Waals surface area contributed by atoms with Crippen LogP contribution in [0, 0.1) is 0 Å². The van der Waals surface area contributed by atoms with Crippen molar-refractivity contribution < 1.29 is 4.74 Å². The lowest BCUT2D eigenvalue weighted by Crippen LogP contribution is -2.47. The first-order chi connectivity index (χ1) is 14.3. The minimum absolute atomic E-state index is 0. The van der Waals surface area contributed by atoms with E-state index in [1.807, 2.05) is 59.1 Å². The van der Waals surface area contributed by atoms with Crippen LogP contribution in [0.25, 0.3) is 5.65 Å². The lowest BCUT2D eigenvalue weighted by Gasteiger charge is -2.34. The summed E-state index contributed by atoms with van der Waals surface area (Å²) in [5.74, 6) is 2.86. The summed E-state index contributed by atoms with van der Waals surface area (Å²) in [5.41, 5.74) is 0.874. The monoisotopic (exact) mass is 520 g/mol. The Hall–Kier alpha value is -2.36. The van der Waals surface area contributed by atoms with Crippen molar-refractivity contribution in [3.05, 3.63) is 60.6 Å². The van der Waals surface area contributed by atoms with Crippen molar-refractivity contribution in [2.45, 2.75) is 32.3 Å². The minimum atomic E-state index is 0. The molecule has 7 nitrogen and oxygen atoms in total. The SMILES string of the molecule is CCNC(=NCCc1nnc2ccccn12)N1CCC(Oc2ccccc2)CC1.I. The highest BCUT2D eigenvalue weighted by atomic mass is 127. The van der Waals surface area contributed by atoms with Crippen LogP contribution in [0.5, 0.6) is 5.75 Å². The molecule has 1 fully saturated rings. The van der Waals surface area contributed by atoms with Gasteiger partial charge < -0.3 is 15.0 Å². The molecule has 0 aliphatic carbocycles. The molecule has 4 rings (SSSR count). The van der Waals surface area contributed by atoms with Gasteiger partial charge in [-0.05, 0) is 31.2 Å². The number of ether oxygens (including phenoxy) is 1. The highest BCUT2D eigenvalue weighted by Gasteiger charge is 2.22. The molecule has 3 heterocycles. The van der Waals surface area contributed by atoms with E-state index in [1.54, 1.807) is 0 Å². The van der Waals surface area contributed by atoms with Crippen molar-refractivity contribution in [1.29, 1.82) is 0 Å². The molecule has 0 saturated carbocycles. The van der Waals surface area contributed by atoms with Crippen molar-refractivity contribution in [1.82, 2.24) is 24.8 Å². The summed E-state index contributed by atoms with van der Waals surface area (Å²) in [4.78, 5) is 7.17. The van der Waals surface area contributed by atoms with E-state index in [9.17, 15) is 0 Å². The van der Waals surface area contributed by atoms with E-state index in [0.29, 0.717) is 6.54 Å². The maximum Gasteiger partial charge on any atom is 0.193 e. The third-order valence-electron chi connectivity index (χ3n) is 5.10. The second kappa shape index (κ2) is 11.1. The van der Waals surface area contributed by atoms with E-state index in [0.717, 1.165) is 62.1 Å². The molecule has 0 atom stereocenters. The van der Waals surface area contributed by atoms with Crippen molar-refractivity contribution in [3.8, 4) is 5.75 Å². The van der Waals surface area contributed by atoms with E-state index in [4.69, 9.17) is 9.73 Å². The molecule has 0 radical (unpaired) electrons. The van der Waals surface area contributed by atoms with Crippen LogP contribution in [-0.4, -0.2) is 57.7 Å². The minimum Gasteiger partial charge on any atom is -0.490 e. The number of pyridine rings is 1. The Kier molecular flexibility index (Phi) is 8.30. The average Bonchev–Trinajstić information content (AvgIpc) is 3.18. The van der Waals surface area contributed by atoms with Gasteiger partial charge >= 0.3 is 0 Å². The number of hydrogen-bond donors (Lipinski definition) is 1. The highest BCUT2D eigenvalue weighted by molar-refractivity contribution is 14.0. The zero-order valence-corrected chi connectivity index (χ0v) is 19.6. The summed E-state index contributed by atoms with van der Waals surface area (Å²) in [6.45, 7) is 5.52. The fraction of sp³-hybridized carbons (Fsp3) is 0.409. The number of rotatable bonds is 6. The van der Waals surface area contributed by atoms with Gasteiger partial charge in [0, 0.05) is 51.6 Å². The van der Waals surface area contributed by atoms with Crippen LogP contribution in [0.1, 0.15) is 25.6 Å². The summed E-state index contributed by atoms with van der Waals surface area (Å²) >= 11 is 0. The smallest absolute Gasteiger partial charge is 0.193 e.